The second kappa shape index (κ2) is 6.51. The Labute approximate surface area is 118 Å². The van der Waals surface area contributed by atoms with Crippen molar-refractivity contribution in [2.24, 2.45) is 5.92 Å². The monoisotopic (exact) mass is 274 g/mol. The van der Waals surface area contributed by atoms with Crippen molar-refractivity contribution in [3.05, 3.63) is 35.1 Å². The lowest BCUT2D eigenvalue weighted by molar-refractivity contribution is 0.0925. The molecule has 0 aliphatic heterocycles. The van der Waals surface area contributed by atoms with Gasteiger partial charge in [-0.3, -0.25) is 4.79 Å². The van der Waals surface area contributed by atoms with E-state index in [2.05, 4.69) is 11.4 Å². The topological polar surface area (TPSA) is 52.9 Å². The molecule has 1 unspecified atom stereocenters. The number of carbonyl (C=O) groups excluding carboxylic acids is 1. The third-order valence-corrected chi connectivity index (χ3v) is 3.92. The van der Waals surface area contributed by atoms with Crippen LogP contribution in [0.1, 0.15) is 48.0 Å². The van der Waals surface area contributed by atoms with Gasteiger partial charge in [0, 0.05) is 0 Å². The minimum atomic E-state index is -0.539. The predicted octanol–water partition coefficient (Wildman–Crippen LogP) is 3.34. The molecule has 1 aromatic rings. The van der Waals surface area contributed by atoms with Crippen molar-refractivity contribution in [3.8, 4) is 6.07 Å². The lowest BCUT2D eigenvalue weighted by Crippen LogP contribution is -2.40. The van der Waals surface area contributed by atoms with Gasteiger partial charge in [0.1, 0.15) is 11.9 Å². The van der Waals surface area contributed by atoms with Crippen molar-refractivity contribution >= 4 is 5.91 Å². The summed E-state index contributed by atoms with van der Waals surface area (Å²) in [6.07, 6.45) is 5.29. The maximum absolute atomic E-state index is 13.8. The number of halogens is 1. The van der Waals surface area contributed by atoms with Crippen molar-refractivity contribution in [3.63, 3.8) is 0 Å². The first-order chi connectivity index (χ1) is 9.61. The highest BCUT2D eigenvalue weighted by molar-refractivity contribution is 5.94. The second-order valence-corrected chi connectivity index (χ2v) is 5.46. The first-order valence-corrected chi connectivity index (χ1v) is 7.08. The number of carbonyl (C=O) groups is 1. The van der Waals surface area contributed by atoms with E-state index in [1.54, 1.807) is 13.0 Å². The summed E-state index contributed by atoms with van der Waals surface area (Å²) in [7, 11) is 0. The Morgan fingerprint density at radius 2 is 2.10 bits per heavy atom. The molecule has 1 N–H and O–H groups in total. The number of hydrogen-bond acceptors (Lipinski definition) is 2. The highest BCUT2D eigenvalue weighted by Crippen LogP contribution is 2.26. The van der Waals surface area contributed by atoms with Gasteiger partial charge in [-0.05, 0) is 43.4 Å². The van der Waals surface area contributed by atoms with Crippen LogP contribution < -0.4 is 5.32 Å². The summed E-state index contributed by atoms with van der Waals surface area (Å²) in [4.78, 5) is 12.1. The van der Waals surface area contributed by atoms with Crippen molar-refractivity contribution in [1.82, 2.24) is 5.32 Å². The van der Waals surface area contributed by atoms with Crippen molar-refractivity contribution in [1.29, 1.82) is 5.26 Å². The number of hydrogen-bond donors (Lipinski definition) is 1. The Balaban J connectivity index is 2.07. The zero-order valence-corrected chi connectivity index (χ0v) is 11.7. The van der Waals surface area contributed by atoms with E-state index in [-0.39, 0.29) is 11.5 Å². The van der Waals surface area contributed by atoms with Crippen LogP contribution in [0.4, 0.5) is 4.39 Å². The Morgan fingerprint density at radius 3 is 2.70 bits per heavy atom. The molecule has 2 rings (SSSR count). The van der Waals surface area contributed by atoms with Crippen molar-refractivity contribution in [2.75, 3.05) is 0 Å². The highest BCUT2D eigenvalue weighted by Gasteiger charge is 2.26. The summed E-state index contributed by atoms with van der Waals surface area (Å²) in [5.74, 6) is -0.853. The molecular weight excluding hydrogens is 255 g/mol. The summed E-state index contributed by atoms with van der Waals surface area (Å²) >= 11 is 0. The molecule has 1 saturated carbocycles. The van der Waals surface area contributed by atoms with Gasteiger partial charge in [-0.2, -0.15) is 5.26 Å². The van der Waals surface area contributed by atoms with Gasteiger partial charge in [0.15, 0.2) is 0 Å². The Morgan fingerprint density at radius 1 is 1.40 bits per heavy atom. The molecule has 1 aromatic carbocycles. The van der Waals surface area contributed by atoms with Crippen LogP contribution in [0.15, 0.2) is 18.2 Å². The molecule has 0 spiro atoms. The van der Waals surface area contributed by atoms with Gasteiger partial charge in [0.05, 0.1) is 11.6 Å². The zero-order valence-electron chi connectivity index (χ0n) is 11.7. The number of nitrogens with one attached hydrogen (secondary N) is 1. The van der Waals surface area contributed by atoms with Gasteiger partial charge in [-0.15, -0.1) is 0 Å². The number of rotatable bonds is 3. The molecule has 1 aliphatic carbocycles. The summed E-state index contributed by atoms with van der Waals surface area (Å²) in [6.45, 7) is 1.77. The van der Waals surface area contributed by atoms with E-state index in [9.17, 15) is 14.4 Å². The van der Waals surface area contributed by atoms with E-state index < -0.39 is 17.8 Å². The normalized spacial score (nSPS) is 17.2. The first kappa shape index (κ1) is 14.5. The van der Waals surface area contributed by atoms with Gasteiger partial charge in [-0.25, -0.2) is 4.39 Å². The molecule has 0 heterocycles. The van der Waals surface area contributed by atoms with Crippen LogP contribution >= 0.6 is 0 Å². The van der Waals surface area contributed by atoms with Gasteiger partial charge in [-0.1, -0.05) is 25.3 Å². The van der Waals surface area contributed by atoms with Crippen LogP contribution in [0.2, 0.25) is 0 Å². The fourth-order valence-corrected chi connectivity index (χ4v) is 2.75. The third-order valence-electron chi connectivity index (χ3n) is 3.92. The third kappa shape index (κ3) is 3.36. The lowest BCUT2D eigenvalue weighted by Gasteiger charge is -2.26. The molecule has 0 saturated heterocycles. The number of benzene rings is 1. The zero-order chi connectivity index (χ0) is 14.5. The molecular formula is C16H19FN2O. The predicted molar refractivity (Wildman–Crippen MR) is 74.6 cm³/mol. The average Bonchev–Trinajstić information content (AvgIpc) is 2.45. The Kier molecular flexibility index (Phi) is 4.73. The maximum Gasteiger partial charge on any atom is 0.255 e. The SMILES string of the molecule is Cc1ccc(C(=O)NC(C#N)C2CCCCC2)c(F)c1. The van der Waals surface area contributed by atoms with E-state index in [0.29, 0.717) is 0 Å². The number of nitrogens with zero attached hydrogens (tertiary/aromatic N) is 1. The van der Waals surface area contributed by atoms with Gasteiger partial charge >= 0.3 is 0 Å². The maximum atomic E-state index is 13.8. The highest BCUT2D eigenvalue weighted by atomic mass is 19.1. The fourth-order valence-electron chi connectivity index (χ4n) is 2.75. The van der Waals surface area contributed by atoms with Crippen LogP contribution in [0.5, 0.6) is 0 Å². The average molecular weight is 274 g/mol. The summed E-state index contributed by atoms with van der Waals surface area (Å²) in [5, 5.41) is 11.9. The van der Waals surface area contributed by atoms with Crippen LogP contribution in [0.25, 0.3) is 0 Å². The minimum absolute atomic E-state index is 0.00617. The first-order valence-electron chi connectivity index (χ1n) is 7.08. The summed E-state index contributed by atoms with van der Waals surface area (Å²) in [6, 6.07) is 6.12. The van der Waals surface area contributed by atoms with E-state index in [0.717, 1.165) is 31.2 Å². The summed E-state index contributed by atoms with van der Waals surface area (Å²) < 4.78 is 13.8. The van der Waals surface area contributed by atoms with E-state index in [1.807, 2.05) is 0 Å². The lowest BCUT2D eigenvalue weighted by atomic mass is 9.84. The van der Waals surface area contributed by atoms with Gasteiger partial charge in [0.2, 0.25) is 0 Å². The van der Waals surface area contributed by atoms with Gasteiger partial charge in [0.25, 0.3) is 5.91 Å². The summed E-state index contributed by atoms with van der Waals surface area (Å²) in [5.41, 5.74) is 0.773. The van der Waals surface area contributed by atoms with E-state index in [4.69, 9.17) is 0 Å². The quantitative estimate of drug-likeness (QED) is 0.919. The van der Waals surface area contributed by atoms with Crippen LogP contribution in [0.3, 0.4) is 0 Å². The molecule has 0 aromatic heterocycles. The molecule has 1 aliphatic rings. The smallest absolute Gasteiger partial charge is 0.255 e. The van der Waals surface area contributed by atoms with E-state index >= 15 is 0 Å². The van der Waals surface area contributed by atoms with Crippen LogP contribution in [-0.4, -0.2) is 11.9 Å². The fraction of sp³-hybridized carbons (Fsp3) is 0.500. The van der Waals surface area contributed by atoms with Crippen LogP contribution in [-0.2, 0) is 0 Å². The second-order valence-electron chi connectivity index (χ2n) is 5.46. The molecule has 0 radical (unpaired) electrons. The van der Waals surface area contributed by atoms with Crippen LogP contribution in [0, 0.1) is 30.0 Å². The standard InChI is InChI=1S/C16H19FN2O/c1-11-7-8-13(14(17)9-11)16(20)19-15(10-18)12-5-3-2-4-6-12/h7-9,12,15H,2-6H2,1H3,(H,19,20). The Hall–Kier alpha value is -1.89. The number of amides is 1. The molecule has 1 fully saturated rings. The Bertz CT molecular complexity index is 530. The number of nitriles is 1. The molecule has 4 heteroatoms. The van der Waals surface area contributed by atoms with Gasteiger partial charge < -0.3 is 5.32 Å². The van der Waals surface area contributed by atoms with Crippen molar-refractivity contribution in [2.45, 2.75) is 45.1 Å². The largest absolute Gasteiger partial charge is 0.336 e. The molecule has 1 atom stereocenters. The minimum Gasteiger partial charge on any atom is -0.336 e. The molecule has 3 nitrogen and oxygen atoms in total. The van der Waals surface area contributed by atoms with E-state index in [1.165, 1.54) is 18.6 Å². The number of aryl methyl sites for hydroxylation is 1. The molecule has 20 heavy (non-hydrogen) atoms. The van der Waals surface area contributed by atoms with Crippen molar-refractivity contribution < 1.29 is 9.18 Å². The molecule has 0 bridgehead atoms. The molecule has 1 amide bonds. The molecule has 106 valence electrons.